The number of urea groups is 1. The summed E-state index contributed by atoms with van der Waals surface area (Å²) in [5.41, 5.74) is 1.53. The van der Waals surface area contributed by atoms with Crippen molar-refractivity contribution in [1.29, 1.82) is 0 Å². The molecule has 0 spiro atoms. The fourth-order valence-corrected chi connectivity index (χ4v) is 3.88. The zero-order valence-corrected chi connectivity index (χ0v) is 15.9. The lowest BCUT2D eigenvalue weighted by atomic mass is 9.93. The van der Waals surface area contributed by atoms with Gasteiger partial charge in [0, 0.05) is 24.8 Å². The summed E-state index contributed by atoms with van der Waals surface area (Å²) in [6, 6.07) is 7.35. The fraction of sp³-hybridized carbons (Fsp3) is 0.421. The molecule has 2 aromatic rings. The summed E-state index contributed by atoms with van der Waals surface area (Å²) >= 11 is 6.27. The Balaban J connectivity index is 1.56. The van der Waals surface area contributed by atoms with Gasteiger partial charge in [0.05, 0.1) is 23.4 Å². The molecule has 1 fully saturated rings. The number of benzene rings is 1. The SMILES string of the molecule is CN1C(=O)N(c2ccccc2Cl)Cc2cnc(NC3CCC(O)CC3)nc21. The summed E-state index contributed by atoms with van der Waals surface area (Å²) in [5.74, 6) is 1.12. The summed E-state index contributed by atoms with van der Waals surface area (Å²) in [6.07, 6.45) is 4.90. The number of amides is 2. The lowest BCUT2D eigenvalue weighted by molar-refractivity contribution is 0.126. The van der Waals surface area contributed by atoms with Gasteiger partial charge in [0.25, 0.3) is 0 Å². The lowest BCUT2D eigenvalue weighted by Crippen LogP contribution is -2.46. The van der Waals surface area contributed by atoms with Gasteiger partial charge in [0.15, 0.2) is 0 Å². The molecule has 27 heavy (non-hydrogen) atoms. The number of hydrogen-bond donors (Lipinski definition) is 2. The number of para-hydroxylation sites is 1. The van der Waals surface area contributed by atoms with Crippen LogP contribution in [0.4, 0.5) is 22.2 Å². The smallest absolute Gasteiger partial charge is 0.330 e. The first kappa shape index (κ1) is 18.0. The second-order valence-electron chi connectivity index (χ2n) is 7.07. The molecule has 2 amide bonds. The third kappa shape index (κ3) is 3.57. The van der Waals surface area contributed by atoms with E-state index in [1.165, 1.54) is 4.90 Å². The molecule has 2 heterocycles. The summed E-state index contributed by atoms with van der Waals surface area (Å²) in [5, 5.41) is 13.5. The van der Waals surface area contributed by atoms with Crippen LogP contribution in [0.3, 0.4) is 0 Å². The van der Waals surface area contributed by atoms with Crippen LogP contribution in [0.15, 0.2) is 30.5 Å². The highest BCUT2D eigenvalue weighted by Gasteiger charge is 2.31. The van der Waals surface area contributed by atoms with E-state index in [1.54, 1.807) is 24.2 Å². The number of rotatable bonds is 3. The number of nitrogens with zero attached hydrogens (tertiary/aromatic N) is 4. The third-order valence-electron chi connectivity index (χ3n) is 5.18. The predicted octanol–water partition coefficient (Wildman–Crippen LogP) is 3.42. The van der Waals surface area contributed by atoms with Crippen LogP contribution in [-0.2, 0) is 6.54 Å². The first-order valence-electron chi connectivity index (χ1n) is 9.13. The fourth-order valence-electron chi connectivity index (χ4n) is 3.64. The number of nitrogens with one attached hydrogen (secondary N) is 1. The van der Waals surface area contributed by atoms with E-state index < -0.39 is 0 Å². The summed E-state index contributed by atoms with van der Waals surface area (Å²) < 4.78 is 0. The zero-order valence-electron chi connectivity index (χ0n) is 15.1. The number of carbonyl (C=O) groups excluding carboxylic acids is 1. The van der Waals surface area contributed by atoms with Gasteiger partial charge < -0.3 is 10.4 Å². The van der Waals surface area contributed by atoms with Crippen molar-refractivity contribution in [3.8, 4) is 0 Å². The standard InChI is InChI=1S/C19H22ClN5O2/c1-24-17-12(11-25(19(24)27)16-5-3-2-4-15(16)20)10-21-18(23-17)22-13-6-8-14(26)9-7-13/h2-5,10,13-14,26H,6-9,11H2,1H3,(H,21,22,23). The van der Waals surface area contributed by atoms with Crippen LogP contribution in [0.1, 0.15) is 31.2 Å². The number of anilines is 3. The highest BCUT2D eigenvalue weighted by Crippen LogP contribution is 2.33. The molecule has 0 unspecified atom stereocenters. The highest BCUT2D eigenvalue weighted by molar-refractivity contribution is 6.34. The molecule has 142 valence electrons. The Bertz CT molecular complexity index is 854. The minimum atomic E-state index is -0.202. The molecule has 0 radical (unpaired) electrons. The first-order chi connectivity index (χ1) is 13.0. The van der Waals surface area contributed by atoms with Crippen LogP contribution in [0.2, 0.25) is 5.02 Å². The van der Waals surface area contributed by atoms with E-state index >= 15 is 0 Å². The van der Waals surface area contributed by atoms with Crippen LogP contribution in [0.5, 0.6) is 0 Å². The number of fused-ring (bicyclic) bond motifs is 1. The van der Waals surface area contributed by atoms with Crippen molar-refractivity contribution >= 4 is 35.1 Å². The van der Waals surface area contributed by atoms with Gasteiger partial charge in [-0.05, 0) is 37.8 Å². The van der Waals surface area contributed by atoms with E-state index in [-0.39, 0.29) is 18.2 Å². The number of hydrogen-bond acceptors (Lipinski definition) is 5. The summed E-state index contributed by atoms with van der Waals surface area (Å²) in [4.78, 5) is 25.0. The normalized spacial score (nSPS) is 22.6. The van der Waals surface area contributed by atoms with Gasteiger partial charge in [-0.15, -0.1) is 0 Å². The van der Waals surface area contributed by atoms with Gasteiger partial charge in [-0.3, -0.25) is 9.80 Å². The van der Waals surface area contributed by atoms with Crippen molar-refractivity contribution < 1.29 is 9.90 Å². The molecule has 1 aliphatic carbocycles. The van der Waals surface area contributed by atoms with Gasteiger partial charge >= 0.3 is 6.03 Å². The van der Waals surface area contributed by atoms with Gasteiger partial charge in [-0.1, -0.05) is 23.7 Å². The second-order valence-corrected chi connectivity index (χ2v) is 7.48. The molecule has 1 aliphatic heterocycles. The van der Waals surface area contributed by atoms with Crippen LogP contribution >= 0.6 is 11.6 Å². The quantitative estimate of drug-likeness (QED) is 0.843. The Morgan fingerprint density at radius 2 is 1.96 bits per heavy atom. The van der Waals surface area contributed by atoms with Crippen molar-refractivity contribution in [3.05, 3.63) is 41.0 Å². The molecule has 1 aromatic carbocycles. The second kappa shape index (κ2) is 7.32. The number of aliphatic hydroxyl groups is 1. The van der Waals surface area contributed by atoms with Crippen molar-refractivity contribution in [3.63, 3.8) is 0 Å². The largest absolute Gasteiger partial charge is 0.393 e. The van der Waals surface area contributed by atoms with E-state index in [9.17, 15) is 9.90 Å². The number of halogens is 1. The van der Waals surface area contributed by atoms with E-state index in [0.29, 0.717) is 29.0 Å². The average molecular weight is 388 g/mol. The van der Waals surface area contributed by atoms with Crippen molar-refractivity contribution in [2.45, 2.75) is 44.4 Å². The van der Waals surface area contributed by atoms with E-state index in [0.717, 1.165) is 31.2 Å². The molecule has 0 saturated heterocycles. The lowest BCUT2D eigenvalue weighted by Gasteiger charge is -2.34. The third-order valence-corrected chi connectivity index (χ3v) is 5.50. The maximum Gasteiger partial charge on any atom is 0.330 e. The van der Waals surface area contributed by atoms with Gasteiger partial charge in [-0.2, -0.15) is 4.98 Å². The average Bonchev–Trinajstić information content (AvgIpc) is 2.67. The van der Waals surface area contributed by atoms with E-state index in [2.05, 4.69) is 15.3 Å². The van der Waals surface area contributed by atoms with E-state index in [4.69, 9.17) is 11.6 Å². The zero-order chi connectivity index (χ0) is 19.0. The van der Waals surface area contributed by atoms with Crippen LogP contribution in [-0.4, -0.2) is 40.3 Å². The van der Waals surface area contributed by atoms with Crippen LogP contribution in [0.25, 0.3) is 0 Å². The monoisotopic (exact) mass is 387 g/mol. The Hall–Kier alpha value is -2.38. The molecule has 7 nitrogen and oxygen atoms in total. The first-order valence-corrected chi connectivity index (χ1v) is 9.51. The molecular formula is C19H22ClN5O2. The maximum atomic E-state index is 12.9. The molecule has 2 aliphatic rings. The van der Waals surface area contributed by atoms with Gasteiger partial charge in [-0.25, -0.2) is 9.78 Å². The minimum Gasteiger partial charge on any atom is -0.393 e. The maximum absolute atomic E-state index is 12.9. The summed E-state index contributed by atoms with van der Waals surface area (Å²) in [6.45, 7) is 0.373. The highest BCUT2D eigenvalue weighted by atomic mass is 35.5. The Kier molecular flexibility index (Phi) is 4.88. The molecule has 0 atom stereocenters. The molecule has 1 aromatic heterocycles. The topological polar surface area (TPSA) is 81.6 Å². The van der Waals surface area contributed by atoms with Crippen LogP contribution < -0.4 is 15.1 Å². The molecule has 0 bridgehead atoms. The molecule has 2 N–H and O–H groups in total. The molecule has 4 rings (SSSR count). The predicted molar refractivity (Wildman–Crippen MR) is 105 cm³/mol. The van der Waals surface area contributed by atoms with Gasteiger partial charge in [0.1, 0.15) is 5.82 Å². The number of aromatic nitrogens is 2. The van der Waals surface area contributed by atoms with E-state index in [1.807, 2.05) is 18.2 Å². The minimum absolute atomic E-state index is 0.180. The molecule has 1 saturated carbocycles. The summed E-state index contributed by atoms with van der Waals surface area (Å²) in [7, 11) is 1.71. The van der Waals surface area contributed by atoms with Crippen molar-refractivity contribution in [1.82, 2.24) is 9.97 Å². The Morgan fingerprint density at radius 3 is 2.70 bits per heavy atom. The van der Waals surface area contributed by atoms with Crippen molar-refractivity contribution in [2.75, 3.05) is 22.2 Å². The van der Waals surface area contributed by atoms with Gasteiger partial charge in [0.2, 0.25) is 5.95 Å². The molecular weight excluding hydrogens is 366 g/mol. The number of aliphatic hydroxyl groups excluding tert-OH is 1. The Labute approximate surface area is 163 Å². The molecule has 8 heteroatoms. The Morgan fingerprint density at radius 1 is 1.22 bits per heavy atom. The van der Waals surface area contributed by atoms with Crippen molar-refractivity contribution in [2.24, 2.45) is 0 Å². The number of carbonyl (C=O) groups is 1. The van der Waals surface area contributed by atoms with Crippen LogP contribution in [0, 0.1) is 0 Å².